The van der Waals surface area contributed by atoms with Crippen molar-refractivity contribution < 1.29 is 18.0 Å². The van der Waals surface area contributed by atoms with Gasteiger partial charge >= 0.3 is 6.97 Å². The second-order valence-electron chi connectivity index (χ2n) is 5.37. The molecule has 1 aromatic heterocycles. The highest BCUT2D eigenvalue weighted by Crippen LogP contribution is 2.38. The second-order valence-corrected chi connectivity index (χ2v) is 5.37. The summed E-state index contributed by atoms with van der Waals surface area (Å²) in [4.78, 5) is 10.5. The third-order valence-corrected chi connectivity index (χ3v) is 4.09. The maximum Gasteiger partial charge on any atom is 0.737 e. The van der Waals surface area contributed by atoms with Crippen LogP contribution in [-0.2, 0) is 0 Å². The smallest absolute Gasteiger partial charge is 0.396 e. The zero-order chi connectivity index (χ0) is 16.2. The van der Waals surface area contributed by atoms with E-state index in [0.717, 1.165) is 8.96 Å². The fraction of sp³-hybridized carbons (Fsp3) is 0. The van der Waals surface area contributed by atoms with Crippen molar-refractivity contribution in [2.45, 2.75) is 0 Å². The fourth-order valence-electron chi connectivity index (χ4n) is 3.09. The Morgan fingerprint density at radius 1 is 1.22 bits per heavy atom. The van der Waals surface area contributed by atoms with Gasteiger partial charge in [-0.15, -0.1) is 0 Å². The largest absolute Gasteiger partial charge is 0.737 e. The summed E-state index contributed by atoms with van der Waals surface area (Å²) in [6.07, 6.45) is 5.81. The maximum atomic E-state index is 14.6. The summed E-state index contributed by atoms with van der Waals surface area (Å²) in [5.41, 5.74) is 1.71. The third-order valence-electron chi connectivity index (χ3n) is 4.09. The highest BCUT2D eigenvalue weighted by Gasteiger charge is 2.51. The molecule has 23 heavy (non-hydrogen) atoms. The lowest BCUT2D eigenvalue weighted by molar-refractivity contribution is -0.384. The van der Waals surface area contributed by atoms with Gasteiger partial charge in [-0.2, -0.15) is 0 Å². The molecule has 0 saturated carbocycles. The van der Waals surface area contributed by atoms with E-state index in [-0.39, 0.29) is 5.69 Å². The van der Waals surface area contributed by atoms with Crippen molar-refractivity contribution in [2.24, 2.45) is 0 Å². The molecule has 2 aromatic rings. The summed E-state index contributed by atoms with van der Waals surface area (Å²) in [6, 6.07) is 9.17. The molecule has 0 saturated heterocycles. The highest BCUT2D eigenvalue weighted by atomic mass is 19.2. The molecule has 3 heterocycles. The van der Waals surface area contributed by atoms with Crippen molar-refractivity contribution in [1.82, 2.24) is 4.48 Å². The predicted molar refractivity (Wildman–Crippen MR) is 82.4 cm³/mol. The van der Waals surface area contributed by atoms with Crippen LogP contribution in [0.25, 0.3) is 5.57 Å². The Bertz CT molecular complexity index is 944. The molecule has 2 aliphatic rings. The SMILES string of the molecule is O=[N+]([O-])c1cccc(C2=C3C=CC=[N+]3[B-](F)(F)n3cccc32)c1. The van der Waals surface area contributed by atoms with Gasteiger partial charge in [-0.3, -0.25) is 10.1 Å². The van der Waals surface area contributed by atoms with Gasteiger partial charge in [0.25, 0.3) is 5.69 Å². The topological polar surface area (TPSA) is 51.1 Å². The lowest BCUT2D eigenvalue weighted by Crippen LogP contribution is -2.49. The first-order valence-corrected chi connectivity index (χ1v) is 6.99. The molecule has 0 fully saturated rings. The third kappa shape index (κ3) is 1.81. The number of benzene rings is 1. The van der Waals surface area contributed by atoms with Crippen LogP contribution in [0.15, 0.2) is 60.4 Å². The summed E-state index contributed by atoms with van der Waals surface area (Å²) in [6.45, 7) is -3.96. The lowest BCUT2D eigenvalue weighted by Gasteiger charge is -2.30. The number of hydrogen-bond acceptors (Lipinski definition) is 2. The molecule has 0 atom stereocenters. The van der Waals surface area contributed by atoms with E-state index in [4.69, 9.17) is 0 Å². The summed E-state index contributed by atoms with van der Waals surface area (Å²) in [7, 11) is 0. The first-order chi connectivity index (χ1) is 11.0. The van der Waals surface area contributed by atoms with E-state index in [9.17, 15) is 18.7 Å². The van der Waals surface area contributed by atoms with Crippen LogP contribution in [0, 0.1) is 10.1 Å². The number of nitro groups is 1. The van der Waals surface area contributed by atoms with E-state index in [2.05, 4.69) is 0 Å². The second kappa shape index (κ2) is 4.48. The molecule has 8 heteroatoms. The monoisotopic (exact) mass is 313 g/mol. The molecule has 2 aliphatic heterocycles. The van der Waals surface area contributed by atoms with Gasteiger partial charge < -0.3 is 17.6 Å². The summed E-state index contributed by atoms with van der Waals surface area (Å²) in [5.74, 6) is 0. The van der Waals surface area contributed by atoms with Crippen LogP contribution >= 0.6 is 0 Å². The standard InChI is InChI=1S/C15H10BF2N3O2/c17-16(18)19-8-2-6-13(19)15(14-7-3-9-20(14)16)11-4-1-5-12(10-11)21(22)23/h1-10H. The Hall–Kier alpha value is -3.03. The molecule has 4 rings (SSSR count). The van der Waals surface area contributed by atoms with Crippen LogP contribution in [0.3, 0.4) is 0 Å². The molecule has 5 nitrogen and oxygen atoms in total. The highest BCUT2D eigenvalue weighted by molar-refractivity contribution is 6.57. The number of allylic oxidation sites excluding steroid dienone is 2. The molecule has 0 bridgehead atoms. The lowest BCUT2D eigenvalue weighted by atomic mass is 9.86. The van der Waals surface area contributed by atoms with E-state index in [0.29, 0.717) is 22.5 Å². The molecular formula is C15H10BF2N3O2. The molecule has 114 valence electrons. The number of rotatable bonds is 2. The number of nitro benzene ring substituents is 1. The van der Waals surface area contributed by atoms with Crippen molar-refractivity contribution in [1.29, 1.82) is 0 Å². The van der Waals surface area contributed by atoms with Crippen molar-refractivity contribution >= 4 is 24.4 Å². The van der Waals surface area contributed by atoms with Crippen LogP contribution in [0.2, 0.25) is 0 Å². The molecule has 0 radical (unpaired) electrons. The zero-order valence-electron chi connectivity index (χ0n) is 11.8. The van der Waals surface area contributed by atoms with E-state index >= 15 is 0 Å². The Labute approximate surface area is 129 Å². The Kier molecular flexibility index (Phi) is 2.66. The number of nitrogens with zero attached hydrogens (tertiary/aromatic N) is 3. The average Bonchev–Trinajstić information content (AvgIpc) is 3.17. The minimum atomic E-state index is -3.96. The van der Waals surface area contributed by atoms with Crippen molar-refractivity contribution in [2.75, 3.05) is 0 Å². The normalized spacial score (nSPS) is 17.7. The zero-order valence-corrected chi connectivity index (χ0v) is 11.8. The molecule has 0 unspecified atom stereocenters. The summed E-state index contributed by atoms with van der Waals surface area (Å²) >= 11 is 0. The van der Waals surface area contributed by atoms with E-state index in [1.165, 1.54) is 24.5 Å². The Balaban J connectivity index is 2.02. The van der Waals surface area contributed by atoms with Crippen molar-refractivity contribution in [3.05, 3.63) is 81.8 Å². The molecule has 0 N–H and O–H groups in total. The van der Waals surface area contributed by atoms with Crippen LogP contribution in [0.1, 0.15) is 11.3 Å². The minimum Gasteiger partial charge on any atom is -0.396 e. The molecular weight excluding hydrogens is 303 g/mol. The first kappa shape index (κ1) is 13.6. The first-order valence-electron chi connectivity index (χ1n) is 6.99. The van der Waals surface area contributed by atoms with Crippen LogP contribution < -0.4 is 0 Å². The van der Waals surface area contributed by atoms with Gasteiger partial charge in [0.1, 0.15) is 6.21 Å². The maximum absolute atomic E-state index is 14.6. The van der Waals surface area contributed by atoms with Crippen LogP contribution in [0.4, 0.5) is 14.3 Å². The van der Waals surface area contributed by atoms with Crippen molar-refractivity contribution in [3.8, 4) is 0 Å². The Morgan fingerprint density at radius 2 is 2.04 bits per heavy atom. The number of fused-ring (bicyclic) bond motifs is 2. The number of non-ortho nitro benzene ring substituents is 1. The van der Waals surface area contributed by atoms with Crippen LogP contribution in [-0.4, -0.2) is 27.1 Å². The van der Waals surface area contributed by atoms with E-state index in [1.54, 1.807) is 36.4 Å². The molecule has 0 spiro atoms. The van der Waals surface area contributed by atoms with E-state index in [1.807, 2.05) is 0 Å². The molecule has 0 aliphatic carbocycles. The van der Waals surface area contributed by atoms with Crippen LogP contribution in [0.5, 0.6) is 0 Å². The Morgan fingerprint density at radius 3 is 2.83 bits per heavy atom. The van der Waals surface area contributed by atoms with Gasteiger partial charge in [0.15, 0.2) is 5.70 Å². The number of aromatic nitrogens is 1. The van der Waals surface area contributed by atoms with Gasteiger partial charge in [0, 0.05) is 30.0 Å². The van der Waals surface area contributed by atoms with Gasteiger partial charge in [-0.1, -0.05) is 12.1 Å². The van der Waals surface area contributed by atoms with Gasteiger partial charge in [-0.05, 0) is 23.9 Å². The number of halogens is 2. The molecule has 1 aromatic carbocycles. The number of hydrogen-bond donors (Lipinski definition) is 0. The minimum absolute atomic E-state index is 0.0749. The average molecular weight is 313 g/mol. The quantitative estimate of drug-likeness (QED) is 0.486. The van der Waals surface area contributed by atoms with Crippen molar-refractivity contribution in [3.63, 3.8) is 0 Å². The van der Waals surface area contributed by atoms with Gasteiger partial charge in [0.05, 0.1) is 10.5 Å². The van der Waals surface area contributed by atoms with E-state index < -0.39 is 11.9 Å². The summed E-state index contributed by atoms with van der Waals surface area (Å²) < 4.78 is 31.1. The van der Waals surface area contributed by atoms with Gasteiger partial charge in [0.2, 0.25) is 0 Å². The van der Waals surface area contributed by atoms with Gasteiger partial charge in [-0.25, -0.2) is 0 Å². The molecule has 0 amide bonds. The summed E-state index contributed by atoms with van der Waals surface area (Å²) in [5, 5.41) is 11.0. The predicted octanol–water partition coefficient (Wildman–Crippen LogP) is 3.05. The fourth-order valence-corrected chi connectivity index (χ4v) is 3.09.